The Kier molecular flexibility index (Phi) is 5.09. The van der Waals surface area contributed by atoms with Gasteiger partial charge in [-0.1, -0.05) is 29.8 Å². The van der Waals surface area contributed by atoms with Crippen LogP contribution in [0.15, 0.2) is 55.0 Å². The van der Waals surface area contributed by atoms with Gasteiger partial charge in [0.15, 0.2) is 5.82 Å². The maximum Gasteiger partial charge on any atom is 0.223 e. The van der Waals surface area contributed by atoms with E-state index < -0.39 is 5.82 Å². The van der Waals surface area contributed by atoms with Gasteiger partial charge in [-0.3, -0.25) is 0 Å². The number of phenols is 1. The molecule has 0 aliphatic rings. The van der Waals surface area contributed by atoms with E-state index in [4.69, 9.17) is 11.6 Å². The van der Waals surface area contributed by atoms with Gasteiger partial charge in [-0.05, 0) is 31.2 Å². The van der Waals surface area contributed by atoms with E-state index in [1.807, 2.05) is 19.1 Å². The summed E-state index contributed by atoms with van der Waals surface area (Å²) in [6.07, 6.45) is 2.96. The minimum Gasteiger partial charge on any atom is -0.508 e. The van der Waals surface area contributed by atoms with Crippen LogP contribution in [0, 0.1) is 5.82 Å². The Morgan fingerprint density at radius 1 is 1.10 bits per heavy atom. The summed E-state index contributed by atoms with van der Waals surface area (Å²) in [7, 11) is 0. The molecule has 1 unspecified atom stereocenters. The van der Waals surface area contributed by atoms with E-state index in [0.717, 1.165) is 5.56 Å². The molecular formula is C20H16ClFN6O. The van der Waals surface area contributed by atoms with Gasteiger partial charge >= 0.3 is 0 Å². The SMILES string of the molecule is CC(Nc1ncc2ncnc(Nc3ccc(F)c(Cl)c3)c2n1)c1ccccc1O. The Hall–Kier alpha value is -3.52. The van der Waals surface area contributed by atoms with Gasteiger partial charge in [0, 0.05) is 11.3 Å². The van der Waals surface area contributed by atoms with Crippen molar-refractivity contribution >= 4 is 40.1 Å². The van der Waals surface area contributed by atoms with Crippen molar-refractivity contribution in [1.82, 2.24) is 19.9 Å². The molecule has 3 N–H and O–H groups in total. The first-order valence-corrected chi connectivity index (χ1v) is 9.13. The zero-order valence-electron chi connectivity index (χ0n) is 15.3. The van der Waals surface area contributed by atoms with Crippen molar-refractivity contribution in [3.8, 4) is 5.75 Å². The Morgan fingerprint density at radius 2 is 1.93 bits per heavy atom. The van der Waals surface area contributed by atoms with Crippen LogP contribution >= 0.6 is 11.6 Å². The molecular weight excluding hydrogens is 395 g/mol. The smallest absolute Gasteiger partial charge is 0.223 e. The molecule has 7 nitrogen and oxygen atoms in total. The monoisotopic (exact) mass is 410 g/mol. The summed E-state index contributed by atoms with van der Waals surface area (Å²) in [5.41, 5.74) is 2.30. The molecule has 2 aromatic carbocycles. The predicted octanol–water partition coefficient (Wildman–Crippen LogP) is 4.83. The second-order valence-corrected chi connectivity index (χ2v) is 6.74. The molecule has 29 heavy (non-hydrogen) atoms. The van der Waals surface area contributed by atoms with Gasteiger partial charge in [-0.2, -0.15) is 0 Å². The van der Waals surface area contributed by atoms with Gasteiger partial charge in [0.25, 0.3) is 0 Å². The quantitative estimate of drug-likeness (QED) is 0.433. The van der Waals surface area contributed by atoms with E-state index in [-0.39, 0.29) is 16.8 Å². The van der Waals surface area contributed by atoms with Crippen LogP contribution in [0.4, 0.5) is 21.8 Å². The highest BCUT2D eigenvalue weighted by Gasteiger charge is 2.13. The lowest BCUT2D eigenvalue weighted by Gasteiger charge is -2.16. The average Bonchev–Trinajstić information content (AvgIpc) is 2.71. The predicted molar refractivity (Wildman–Crippen MR) is 110 cm³/mol. The number of para-hydroxylation sites is 1. The van der Waals surface area contributed by atoms with Crippen molar-refractivity contribution in [3.63, 3.8) is 0 Å². The molecule has 2 aromatic heterocycles. The fourth-order valence-electron chi connectivity index (χ4n) is 2.85. The van der Waals surface area contributed by atoms with Crippen molar-refractivity contribution in [2.45, 2.75) is 13.0 Å². The minimum atomic E-state index is -0.503. The van der Waals surface area contributed by atoms with Crippen molar-refractivity contribution < 1.29 is 9.50 Å². The maximum absolute atomic E-state index is 13.4. The molecule has 0 radical (unpaired) electrons. The fourth-order valence-corrected chi connectivity index (χ4v) is 3.03. The van der Waals surface area contributed by atoms with E-state index in [0.29, 0.717) is 28.5 Å². The number of nitrogens with one attached hydrogen (secondary N) is 2. The Labute approximate surface area is 170 Å². The van der Waals surface area contributed by atoms with Crippen molar-refractivity contribution in [2.24, 2.45) is 0 Å². The molecule has 4 aromatic rings. The molecule has 1 atom stereocenters. The van der Waals surface area contributed by atoms with Crippen molar-refractivity contribution in [1.29, 1.82) is 0 Å². The Balaban J connectivity index is 1.65. The summed E-state index contributed by atoms with van der Waals surface area (Å²) in [4.78, 5) is 17.2. The van der Waals surface area contributed by atoms with Gasteiger partial charge in [-0.15, -0.1) is 0 Å². The number of aromatic nitrogens is 4. The minimum absolute atomic E-state index is 0.00170. The third-order valence-electron chi connectivity index (χ3n) is 4.31. The van der Waals surface area contributed by atoms with Crippen molar-refractivity contribution in [2.75, 3.05) is 10.6 Å². The van der Waals surface area contributed by atoms with E-state index in [1.54, 1.807) is 24.4 Å². The van der Waals surface area contributed by atoms with Crippen LogP contribution in [-0.2, 0) is 0 Å². The molecule has 0 amide bonds. The molecule has 0 fully saturated rings. The zero-order chi connectivity index (χ0) is 20.4. The summed E-state index contributed by atoms with van der Waals surface area (Å²) >= 11 is 5.85. The normalized spacial score (nSPS) is 12.0. The molecule has 0 saturated carbocycles. The zero-order valence-corrected chi connectivity index (χ0v) is 16.0. The standard InChI is InChI=1S/C20H16ClFN6O/c1-11(13-4-2-3-5-17(13)29)26-20-23-9-16-18(28-20)19(25-10-24-16)27-12-6-7-15(22)14(21)8-12/h2-11,29H,1H3,(H,23,26,28)(H,24,25,27). The van der Waals surface area contributed by atoms with Crippen LogP contribution < -0.4 is 10.6 Å². The number of benzene rings is 2. The number of fused-ring (bicyclic) bond motifs is 1. The van der Waals surface area contributed by atoms with Gasteiger partial charge in [-0.25, -0.2) is 24.3 Å². The van der Waals surface area contributed by atoms with Crippen molar-refractivity contribution in [3.05, 3.63) is 71.4 Å². The third-order valence-corrected chi connectivity index (χ3v) is 4.60. The molecule has 0 aliphatic carbocycles. The number of rotatable bonds is 5. The number of phenolic OH excluding ortho intramolecular Hbond substituents is 1. The lowest BCUT2D eigenvalue weighted by Crippen LogP contribution is -2.10. The highest BCUT2D eigenvalue weighted by Crippen LogP contribution is 2.28. The van der Waals surface area contributed by atoms with Gasteiger partial charge in [0.2, 0.25) is 5.95 Å². The Morgan fingerprint density at radius 3 is 2.72 bits per heavy atom. The van der Waals surface area contributed by atoms with Crippen LogP contribution in [-0.4, -0.2) is 25.0 Å². The summed E-state index contributed by atoms with van der Waals surface area (Å²) < 4.78 is 13.4. The van der Waals surface area contributed by atoms with Crippen LogP contribution in [0.1, 0.15) is 18.5 Å². The molecule has 0 aliphatic heterocycles. The summed E-state index contributed by atoms with van der Waals surface area (Å²) in [6, 6.07) is 11.1. The highest BCUT2D eigenvalue weighted by atomic mass is 35.5. The lowest BCUT2D eigenvalue weighted by molar-refractivity contribution is 0.465. The summed E-state index contributed by atoms with van der Waals surface area (Å²) in [5.74, 6) is 0.463. The number of halogens is 2. The van der Waals surface area contributed by atoms with Crippen LogP contribution in [0.5, 0.6) is 5.75 Å². The van der Waals surface area contributed by atoms with Crippen LogP contribution in [0.25, 0.3) is 11.0 Å². The second kappa shape index (κ2) is 7.84. The molecule has 0 saturated heterocycles. The average molecular weight is 411 g/mol. The molecule has 2 heterocycles. The number of anilines is 3. The van der Waals surface area contributed by atoms with Gasteiger partial charge in [0.05, 0.1) is 17.3 Å². The van der Waals surface area contributed by atoms with E-state index in [2.05, 4.69) is 30.6 Å². The molecule has 9 heteroatoms. The van der Waals surface area contributed by atoms with E-state index >= 15 is 0 Å². The second-order valence-electron chi connectivity index (χ2n) is 6.33. The van der Waals surface area contributed by atoms with Crippen LogP contribution in [0.2, 0.25) is 5.02 Å². The first kappa shape index (κ1) is 18.8. The number of aromatic hydroxyl groups is 1. The molecule has 4 rings (SSSR count). The van der Waals surface area contributed by atoms with E-state index in [9.17, 15) is 9.50 Å². The third kappa shape index (κ3) is 4.02. The fraction of sp³-hybridized carbons (Fsp3) is 0.100. The number of hydrogen-bond donors (Lipinski definition) is 3. The first-order valence-electron chi connectivity index (χ1n) is 8.75. The first-order chi connectivity index (χ1) is 14.0. The van der Waals surface area contributed by atoms with Gasteiger partial charge < -0.3 is 15.7 Å². The number of hydrogen-bond acceptors (Lipinski definition) is 7. The van der Waals surface area contributed by atoms with Crippen LogP contribution in [0.3, 0.4) is 0 Å². The Bertz CT molecular complexity index is 1190. The lowest BCUT2D eigenvalue weighted by atomic mass is 10.1. The maximum atomic E-state index is 13.4. The molecule has 0 bridgehead atoms. The summed E-state index contributed by atoms with van der Waals surface area (Å²) in [5, 5.41) is 16.3. The highest BCUT2D eigenvalue weighted by molar-refractivity contribution is 6.31. The number of nitrogens with zero attached hydrogens (tertiary/aromatic N) is 4. The topological polar surface area (TPSA) is 95.9 Å². The molecule has 0 spiro atoms. The van der Waals surface area contributed by atoms with Gasteiger partial charge in [0.1, 0.15) is 28.9 Å². The largest absolute Gasteiger partial charge is 0.508 e. The molecule has 146 valence electrons. The summed E-state index contributed by atoms with van der Waals surface area (Å²) in [6.45, 7) is 1.89. The van der Waals surface area contributed by atoms with E-state index in [1.165, 1.54) is 18.5 Å².